The average molecular weight is 295 g/mol. The minimum absolute atomic E-state index is 0.235. The topological polar surface area (TPSA) is 55.4 Å². The van der Waals surface area contributed by atoms with Gasteiger partial charge in [-0.1, -0.05) is 6.07 Å². The van der Waals surface area contributed by atoms with Crippen LogP contribution in [0.2, 0.25) is 0 Å². The fourth-order valence-electron chi connectivity index (χ4n) is 3.40. The van der Waals surface area contributed by atoms with Crippen LogP contribution in [0.4, 0.5) is 0 Å². The predicted molar refractivity (Wildman–Crippen MR) is 78.9 cm³/mol. The van der Waals surface area contributed by atoms with E-state index in [0.29, 0.717) is 12.2 Å². The highest BCUT2D eigenvalue weighted by molar-refractivity contribution is 7.91. The van der Waals surface area contributed by atoms with E-state index in [1.165, 1.54) is 11.1 Å². The number of nitrogens with one attached hydrogen (secondary N) is 1. The van der Waals surface area contributed by atoms with E-state index < -0.39 is 9.84 Å². The van der Waals surface area contributed by atoms with Gasteiger partial charge in [-0.3, -0.25) is 0 Å². The van der Waals surface area contributed by atoms with Crippen LogP contribution in [-0.2, 0) is 16.3 Å². The highest BCUT2D eigenvalue weighted by atomic mass is 32.2. The van der Waals surface area contributed by atoms with Gasteiger partial charge in [0.1, 0.15) is 5.75 Å². The van der Waals surface area contributed by atoms with E-state index in [9.17, 15) is 8.42 Å². The van der Waals surface area contributed by atoms with Crippen molar-refractivity contribution < 1.29 is 13.2 Å². The van der Waals surface area contributed by atoms with E-state index in [4.69, 9.17) is 4.74 Å². The minimum Gasteiger partial charge on any atom is -0.497 e. The third-order valence-electron chi connectivity index (χ3n) is 4.46. The fourth-order valence-corrected chi connectivity index (χ4v) is 5.51. The Balaban J connectivity index is 1.82. The van der Waals surface area contributed by atoms with Crippen molar-refractivity contribution in [1.29, 1.82) is 0 Å². The molecule has 0 aromatic heterocycles. The normalized spacial score (nSPS) is 31.2. The zero-order chi connectivity index (χ0) is 14.4. The molecule has 1 aliphatic heterocycles. The molecule has 1 saturated heterocycles. The largest absolute Gasteiger partial charge is 0.497 e. The molecule has 20 heavy (non-hydrogen) atoms. The summed E-state index contributed by atoms with van der Waals surface area (Å²) >= 11 is 0. The predicted octanol–water partition coefficient (Wildman–Crippen LogP) is 1.85. The molecule has 0 amide bonds. The van der Waals surface area contributed by atoms with E-state index in [0.717, 1.165) is 18.6 Å². The van der Waals surface area contributed by atoms with Gasteiger partial charge in [0.25, 0.3) is 0 Å². The Labute approximate surface area is 120 Å². The minimum atomic E-state index is -2.87. The third kappa shape index (κ3) is 2.56. The molecule has 1 fully saturated rings. The van der Waals surface area contributed by atoms with Crippen LogP contribution in [-0.4, -0.2) is 32.6 Å². The number of hydrogen-bond donors (Lipinski definition) is 1. The summed E-state index contributed by atoms with van der Waals surface area (Å²) in [6, 6.07) is 6.41. The monoisotopic (exact) mass is 295 g/mol. The van der Waals surface area contributed by atoms with Gasteiger partial charge in [-0.25, -0.2) is 8.42 Å². The molecule has 1 aromatic rings. The third-order valence-corrected chi connectivity index (χ3v) is 6.36. The number of rotatable bonds is 3. The van der Waals surface area contributed by atoms with Crippen molar-refractivity contribution in [1.82, 2.24) is 5.32 Å². The first-order valence-corrected chi connectivity index (χ1v) is 8.88. The van der Waals surface area contributed by atoms with Crippen molar-refractivity contribution in [3.8, 4) is 5.75 Å². The van der Waals surface area contributed by atoms with E-state index in [1.807, 2.05) is 13.0 Å². The van der Waals surface area contributed by atoms with Gasteiger partial charge in [0, 0.05) is 11.6 Å². The summed E-state index contributed by atoms with van der Waals surface area (Å²) in [4.78, 5) is 0. The number of sulfone groups is 1. The Hall–Kier alpha value is -1.07. The molecule has 1 aliphatic carbocycles. The number of methoxy groups -OCH3 is 1. The lowest BCUT2D eigenvalue weighted by Crippen LogP contribution is -2.44. The molecule has 0 bridgehead atoms. The molecule has 0 radical (unpaired) electrons. The zero-order valence-electron chi connectivity index (χ0n) is 12.0. The molecule has 2 aliphatic rings. The first kappa shape index (κ1) is 13.9. The van der Waals surface area contributed by atoms with Gasteiger partial charge < -0.3 is 10.1 Å². The number of hydrogen-bond acceptors (Lipinski definition) is 4. The van der Waals surface area contributed by atoms with Gasteiger partial charge in [0.15, 0.2) is 9.84 Å². The van der Waals surface area contributed by atoms with Crippen LogP contribution in [0.1, 0.15) is 36.9 Å². The Morgan fingerprint density at radius 2 is 2.20 bits per heavy atom. The van der Waals surface area contributed by atoms with Crippen LogP contribution in [0.15, 0.2) is 18.2 Å². The SMILES string of the molecule is COc1ccc2c(c1)C(NC1(C)CCS(=O)(=O)C1)CC2. The molecule has 1 N–H and O–H groups in total. The molecular formula is C15H21NO3S. The van der Waals surface area contributed by atoms with E-state index in [2.05, 4.69) is 17.4 Å². The molecule has 1 heterocycles. The van der Waals surface area contributed by atoms with Gasteiger partial charge in [-0.2, -0.15) is 0 Å². The van der Waals surface area contributed by atoms with Gasteiger partial charge >= 0.3 is 0 Å². The van der Waals surface area contributed by atoms with Crippen molar-refractivity contribution in [3.63, 3.8) is 0 Å². The number of aryl methyl sites for hydroxylation is 1. The van der Waals surface area contributed by atoms with Gasteiger partial charge in [0.2, 0.25) is 0 Å². The Kier molecular flexibility index (Phi) is 3.29. The maximum Gasteiger partial charge on any atom is 0.152 e. The molecule has 2 unspecified atom stereocenters. The molecular weight excluding hydrogens is 274 g/mol. The van der Waals surface area contributed by atoms with Gasteiger partial charge in [-0.05, 0) is 49.4 Å². The fraction of sp³-hybridized carbons (Fsp3) is 0.600. The lowest BCUT2D eigenvalue weighted by Gasteiger charge is -2.29. The highest BCUT2D eigenvalue weighted by Gasteiger charge is 2.40. The Morgan fingerprint density at radius 1 is 1.40 bits per heavy atom. The summed E-state index contributed by atoms with van der Waals surface area (Å²) in [6.07, 6.45) is 2.77. The van der Waals surface area contributed by atoms with Crippen LogP contribution in [0.3, 0.4) is 0 Å². The maximum absolute atomic E-state index is 11.7. The molecule has 1 aromatic carbocycles. The average Bonchev–Trinajstić information content (AvgIpc) is 2.90. The maximum atomic E-state index is 11.7. The first-order chi connectivity index (χ1) is 9.41. The molecule has 4 nitrogen and oxygen atoms in total. The van der Waals surface area contributed by atoms with Crippen LogP contribution >= 0.6 is 0 Å². The number of fused-ring (bicyclic) bond motifs is 1. The van der Waals surface area contributed by atoms with Crippen molar-refractivity contribution in [2.75, 3.05) is 18.6 Å². The number of ether oxygens (including phenoxy) is 1. The lowest BCUT2D eigenvalue weighted by molar-refractivity contribution is 0.341. The number of benzene rings is 1. The quantitative estimate of drug-likeness (QED) is 0.924. The van der Waals surface area contributed by atoms with Crippen LogP contribution in [0, 0.1) is 0 Å². The van der Waals surface area contributed by atoms with Crippen molar-refractivity contribution >= 4 is 9.84 Å². The van der Waals surface area contributed by atoms with Crippen molar-refractivity contribution in [2.45, 2.75) is 37.8 Å². The van der Waals surface area contributed by atoms with Gasteiger partial charge in [0.05, 0.1) is 18.6 Å². The molecule has 0 saturated carbocycles. The summed E-state index contributed by atoms with van der Waals surface area (Å²) in [5, 5.41) is 3.58. The van der Waals surface area contributed by atoms with Crippen LogP contribution in [0.25, 0.3) is 0 Å². The van der Waals surface area contributed by atoms with E-state index in [1.54, 1.807) is 7.11 Å². The van der Waals surface area contributed by atoms with Crippen molar-refractivity contribution in [3.05, 3.63) is 29.3 Å². The van der Waals surface area contributed by atoms with Crippen molar-refractivity contribution in [2.24, 2.45) is 0 Å². The molecule has 3 rings (SSSR count). The summed E-state index contributed by atoms with van der Waals surface area (Å²) in [7, 11) is -1.20. The summed E-state index contributed by atoms with van der Waals surface area (Å²) < 4.78 is 28.7. The zero-order valence-corrected chi connectivity index (χ0v) is 12.8. The van der Waals surface area contributed by atoms with E-state index in [-0.39, 0.29) is 17.3 Å². The lowest BCUT2D eigenvalue weighted by atomic mass is 9.98. The smallest absolute Gasteiger partial charge is 0.152 e. The molecule has 5 heteroatoms. The Bertz CT molecular complexity index is 626. The van der Waals surface area contributed by atoms with Crippen LogP contribution < -0.4 is 10.1 Å². The second-order valence-electron chi connectivity index (χ2n) is 6.20. The first-order valence-electron chi connectivity index (χ1n) is 7.06. The van der Waals surface area contributed by atoms with Gasteiger partial charge in [-0.15, -0.1) is 0 Å². The van der Waals surface area contributed by atoms with Crippen LogP contribution in [0.5, 0.6) is 5.75 Å². The van der Waals surface area contributed by atoms with E-state index >= 15 is 0 Å². The second kappa shape index (κ2) is 4.74. The highest BCUT2D eigenvalue weighted by Crippen LogP contribution is 2.36. The molecule has 2 atom stereocenters. The molecule has 110 valence electrons. The molecule has 0 spiro atoms. The second-order valence-corrected chi connectivity index (χ2v) is 8.39. The summed E-state index contributed by atoms with van der Waals surface area (Å²) in [5.74, 6) is 1.41. The Morgan fingerprint density at radius 3 is 2.85 bits per heavy atom. The standard InChI is InChI=1S/C15H21NO3S/c1-15(7-8-20(17,18)10-15)16-14-6-4-11-3-5-12(19-2)9-13(11)14/h3,5,9,14,16H,4,6-8,10H2,1-2H3. The summed E-state index contributed by atoms with van der Waals surface area (Å²) in [5.41, 5.74) is 2.30. The summed E-state index contributed by atoms with van der Waals surface area (Å²) in [6.45, 7) is 2.02.